The number of nitrogens with two attached hydrogens (primary N) is 1. The topological polar surface area (TPSA) is 75.9 Å². The molecule has 0 aliphatic rings. The number of hydrogen-bond acceptors (Lipinski definition) is 5. The molecule has 0 amide bonds. The van der Waals surface area contributed by atoms with Crippen LogP contribution in [0.2, 0.25) is 0 Å². The van der Waals surface area contributed by atoms with Crippen LogP contribution < -0.4 is 16.6 Å². The lowest BCUT2D eigenvalue weighted by Gasteiger charge is -2.20. The van der Waals surface area contributed by atoms with Gasteiger partial charge in [-0.15, -0.1) is 0 Å². The molecular formula is C14H27N5. The number of anilines is 2. The first-order valence-electron chi connectivity index (χ1n) is 7.19. The summed E-state index contributed by atoms with van der Waals surface area (Å²) in [4.78, 5) is 8.53. The molecule has 1 aromatic heterocycles. The van der Waals surface area contributed by atoms with Crippen molar-refractivity contribution in [2.24, 2.45) is 11.8 Å². The highest BCUT2D eigenvalue weighted by Crippen LogP contribution is 2.22. The zero-order valence-electron chi connectivity index (χ0n) is 12.5. The molecular weight excluding hydrogens is 238 g/mol. The second-order valence-electron chi connectivity index (χ2n) is 5.24. The largest absolute Gasteiger partial charge is 0.367 e. The van der Waals surface area contributed by atoms with Gasteiger partial charge in [-0.3, -0.25) is 0 Å². The van der Waals surface area contributed by atoms with Gasteiger partial charge in [-0.2, -0.15) is 0 Å². The standard InChI is InChI=1S/C14H27N5/c1-5-7-12-13(16-9-17-14(12)19-15)18-11(4)8-10(3)6-2/h9-11H,5-8,15H2,1-4H3,(H2,16,17,18,19). The van der Waals surface area contributed by atoms with Crippen LogP contribution in [0.15, 0.2) is 6.33 Å². The van der Waals surface area contributed by atoms with E-state index in [-0.39, 0.29) is 0 Å². The van der Waals surface area contributed by atoms with E-state index in [2.05, 4.69) is 48.4 Å². The molecule has 1 aromatic rings. The Bertz CT molecular complexity index is 380. The molecule has 19 heavy (non-hydrogen) atoms. The molecule has 0 radical (unpaired) electrons. The number of hydrogen-bond donors (Lipinski definition) is 3. The first-order valence-corrected chi connectivity index (χ1v) is 7.19. The molecule has 0 aliphatic carbocycles. The zero-order valence-corrected chi connectivity index (χ0v) is 12.5. The van der Waals surface area contributed by atoms with Crippen LogP contribution >= 0.6 is 0 Å². The Morgan fingerprint density at radius 2 is 1.89 bits per heavy atom. The minimum absolute atomic E-state index is 0.395. The molecule has 2 atom stereocenters. The van der Waals surface area contributed by atoms with Gasteiger partial charge in [0.25, 0.3) is 0 Å². The summed E-state index contributed by atoms with van der Waals surface area (Å²) in [6.45, 7) is 8.83. The summed E-state index contributed by atoms with van der Waals surface area (Å²) >= 11 is 0. The minimum atomic E-state index is 0.395. The van der Waals surface area contributed by atoms with Crippen molar-refractivity contribution in [2.45, 2.75) is 59.4 Å². The van der Waals surface area contributed by atoms with E-state index in [1.807, 2.05) is 0 Å². The van der Waals surface area contributed by atoms with Gasteiger partial charge in [0.05, 0.1) is 0 Å². The number of nitrogens with one attached hydrogen (secondary N) is 2. The molecule has 1 heterocycles. The molecule has 2 unspecified atom stereocenters. The summed E-state index contributed by atoms with van der Waals surface area (Å²) in [7, 11) is 0. The van der Waals surface area contributed by atoms with Gasteiger partial charge < -0.3 is 10.7 Å². The average molecular weight is 265 g/mol. The Morgan fingerprint density at radius 3 is 2.47 bits per heavy atom. The van der Waals surface area contributed by atoms with Crippen molar-refractivity contribution in [2.75, 3.05) is 10.7 Å². The first kappa shape index (κ1) is 15.7. The maximum absolute atomic E-state index is 5.51. The van der Waals surface area contributed by atoms with E-state index in [9.17, 15) is 0 Å². The lowest BCUT2D eigenvalue weighted by molar-refractivity contribution is 0.483. The Morgan fingerprint density at radius 1 is 1.21 bits per heavy atom. The van der Waals surface area contributed by atoms with Crippen LogP contribution in [0.4, 0.5) is 11.6 Å². The highest BCUT2D eigenvalue weighted by molar-refractivity contribution is 5.57. The van der Waals surface area contributed by atoms with Crippen molar-refractivity contribution in [1.29, 1.82) is 0 Å². The smallest absolute Gasteiger partial charge is 0.148 e. The summed E-state index contributed by atoms with van der Waals surface area (Å²) in [5.74, 6) is 7.85. The third-order valence-corrected chi connectivity index (χ3v) is 3.42. The Hall–Kier alpha value is -1.36. The van der Waals surface area contributed by atoms with Crippen LogP contribution in [-0.2, 0) is 6.42 Å². The fraction of sp³-hybridized carbons (Fsp3) is 0.714. The second kappa shape index (κ2) is 7.94. The molecule has 0 spiro atoms. The third-order valence-electron chi connectivity index (χ3n) is 3.42. The number of nitrogens with zero attached hydrogens (tertiary/aromatic N) is 2. The molecule has 0 aliphatic heterocycles. The Labute approximate surface area is 116 Å². The van der Waals surface area contributed by atoms with E-state index in [1.54, 1.807) is 6.33 Å². The van der Waals surface area contributed by atoms with Crippen LogP contribution in [0.25, 0.3) is 0 Å². The monoisotopic (exact) mass is 265 g/mol. The summed E-state index contributed by atoms with van der Waals surface area (Å²) in [5.41, 5.74) is 3.73. The van der Waals surface area contributed by atoms with E-state index in [0.29, 0.717) is 12.0 Å². The maximum Gasteiger partial charge on any atom is 0.148 e. The predicted molar refractivity (Wildman–Crippen MR) is 81.0 cm³/mol. The van der Waals surface area contributed by atoms with E-state index in [1.165, 1.54) is 6.42 Å². The molecule has 1 rings (SSSR count). The normalized spacial score (nSPS) is 13.9. The van der Waals surface area contributed by atoms with Gasteiger partial charge in [0.1, 0.15) is 18.0 Å². The second-order valence-corrected chi connectivity index (χ2v) is 5.24. The van der Waals surface area contributed by atoms with Crippen molar-refractivity contribution in [3.8, 4) is 0 Å². The van der Waals surface area contributed by atoms with Crippen LogP contribution in [0.1, 0.15) is 52.5 Å². The number of hydrazine groups is 1. The van der Waals surface area contributed by atoms with Crippen LogP contribution in [0.3, 0.4) is 0 Å². The van der Waals surface area contributed by atoms with E-state index in [0.717, 1.165) is 36.5 Å². The molecule has 4 N–H and O–H groups in total. The van der Waals surface area contributed by atoms with Gasteiger partial charge in [0.2, 0.25) is 0 Å². The van der Waals surface area contributed by atoms with Crippen molar-refractivity contribution in [3.05, 3.63) is 11.9 Å². The van der Waals surface area contributed by atoms with Gasteiger partial charge in [-0.25, -0.2) is 15.8 Å². The molecule has 5 nitrogen and oxygen atoms in total. The van der Waals surface area contributed by atoms with Crippen molar-refractivity contribution in [3.63, 3.8) is 0 Å². The van der Waals surface area contributed by atoms with Crippen LogP contribution in [0.5, 0.6) is 0 Å². The Balaban J connectivity index is 2.81. The lowest BCUT2D eigenvalue weighted by Crippen LogP contribution is -2.21. The van der Waals surface area contributed by atoms with E-state index in [4.69, 9.17) is 5.84 Å². The van der Waals surface area contributed by atoms with Crippen LogP contribution in [-0.4, -0.2) is 16.0 Å². The molecule has 108 valence electrons. The fourth-order valence-electron chi connectivity index (χ4n) is 2.21. The summed E-state index contributed by atoms with van der Waals surface area (Å²) in [6, 6.07) is 0.395. The molecule has 0 saturated heterocycles. The summed E-state index contributed by atoms with van der Waals surface area (Å²) in [6.07, 6.45) is 5.84. The number of nitrogen functional groups attached to an aromatic ring is 1. The summed E-state index contributed by atoms with van der Waals surface area (Å²) in [5, 5.41) is 3.49. The Kier molecular flexibility index (Phi) is 6.56. The molecule has 5 heteroatoms. The average Bonchev–Trinajstić information content (AvgIpc) is 2.40. The fourth-order valence-corrected chi connectivity index (χ4v) is 2.21. The predicted octanol–water partition coefficient (Wildman–Crippen LogP) is 2.95. The van der Waals surface area contributed by atoms with Gasteiger partial charge in [0, 0.05) is 11.6 Å². The first-order chi connectivity index (χ1) is 9.12. The van der Waals surface area contributed by atoms with Gasteiger partial charge in [-0.05, 0) is 25.7 Å². The minimum Gasteiger partial charge on any atom is -0.367 e. The number of rotatable bonds is 8. The van der Waals surface area contributed by atoms with Crippen molar-refractivity contribution in [1.82, 2.24) is 9.97 Å². The third kappa shape index (κ3) is 4.67. The molecule has 0 saturated carbocycles. The van der Waals surface area contributed by atoms with E-state index >= 15 is 0 Å². The molecule has 0 fully saturated rings. The SMILES string of the molecule is CCCc1c(NN)ncnc1NC(C)CC(C)CC. The highest BCUT2D eigenvalue weighted by atomic mass is 15.3. The lowest BCUT2D eigenvalue weighted by atomic mass is 10.00. The van der Waals surface area contributed by atoms with Gasteiger partial charge in [0.15, 0.2) is 0 Å². The van der Waals surface area contributed by atoms with E-state index < -0.39 is 0 Å². The molecule has 0 bridgehead atoms. The van der Waals surface area contributed by atoms with Gasteiger partial charge >= 0.3 is 0 Å². The number of aromatic nitrogens is 2. The van der Waals surface area contributed by atoms with Gasteiger partial charge in [-0.1, -0.05) is 33.6 Å². The molecule has 0 aromatic carbocycles. The highest BCUT2D eigenvalue weighted by Gasteiger charge is 2.13. The quantitative estimate of drug-likeness (QED) is 0.497. The summed E-state index contributed by atoms with van der Waals surface area (Å²) < 4.78 is 0. The van der Waals surface area contributed by atoms with Crippen LogP contribution in [0, 0.1) is 5.92 Å². The van der Waals surface area contributed by atoms with Crippen molar-refractivity contribution >= 4 is 11.6 Å². The zero-order chi connectivity index (χ0) is 14.3. The maximum atomic E-state index is 5.51. The van der Waals surface area contributed by atoms with Crippen molar-refractivity contribution < 1.29 is 0 Å².